The van der Waals surface area contributed by atoms with E-state index in [4.69, 9.17) is 5.73 Å². The normalized spacial score (nSPS) is 29.8. The van der Waals surface area contributed by atoms with Crippen molar-refractivity contribution in [2.45, 2.75) is 86.6 Å². The van der Waals surface area contributed by atoms with Crippen molar-refractivity contribution < 1.29 is 20.1 Å². The molecule has 7 heteroatoms. The van der Waals surface area contributed by atoms with Crippen molar-refractivity contribution in [3.05, 3.63) is 0 Å². The first kappa shape index (κ1) is 21.1. The molecule has 1 aliphatic rings. The van der Waals surface area contributed by atoms with E-state index in [1.165, 1.54) is 25.7 Å². The van der Waals surface area contributed by atoms with Gasteiger partial charge in [0.2, 0.25) is 5.91 Å². The Hall–Kier alpha value is 0.0400. The number of carbonyl (C=O) groups excluding carboxylic acids is 1. The summed E-state index contributed by atoms with van der Waals surface area (Å²) >= 11 is 2.27. The minimum atomic E-state index is -1.05. The Morgan fingerprint density at radius 1 is 1.13 bits per heavy atom. The number of aliphatic hydroxyl groups excluding tert-OH is 3. The number of carbonyl (C=O) groups is 1. The van der Waals surface area contributed by atoms with Gasteiger partial charge >= 0.3 is 0 Å². The third kappa shape index (κ3) is 6.12. The van der Waals surface area contributed by atoms with E-state index in [9.17, 15) is 20.1 Å². The standard InChI is InChI=1S/C16H31IN2O4/c1-2-3-4-5-6-7-8-13(17)19-11(9-14(18)21)15(22)16(23)12(19)10-20/h11-13,15-16,20,22-23H,2-10H2,1H3,(H2,18,21)/t11-,12-,13?,15+,16-/m1/s1. The van der Waals surface area contributed by atoms with Gasteiger partial charge in [-0.2, -0.15) is 0 Å². The predicted molar refractivity (Wildman–Crippen MR) is 98.1 cm³/mol. The number of hydrogen-bond donors (Lipinski definition) is 4. The number of rotatable bonds is 11. The van der Waals surface area contributed by atoms with Crippen LogP contribution in [0.5, 0.6) is 0 Å². The topological polar surface area (TPSA) is 107 Å². The molecule has 0 aromatic carbocycles. The Balaban J connectivity index is 2.58. The third-order valence-electron chi connectivity index (χ3n) is 4.62. The molecule has 0 radical (unpaired) electrons. The second-order valence-corrected chi connectivity index (χ2v) is 7.84. The van der Waals surface area contributed by atoms with Crippen LogP contribution in [0.3, 0.4) is 0 Å². The first-order valence-corrected chi connectivity index (χ1v) is 9.85. The molecule has 0 aromatic rings. The first-order valence-electron chi connectivity index (χ1n) is 8.60. The van der Waals surface area contributed by atoms with Gasteiger partial charge in [-0.15, -0.1) is 0 Å². The Bertz CT molecular complexity index is 359. The summed E-state index contributed by atoms with van der Waals surface area (Å²) < 4.78 is 0.0482. The van der Waals surface area contributed by atoms with E-state index in [2.05, 4.69) is 29.5 Å². The molecule has 1 amide bonds. The maximum atomic E-state index is 11.3. The second-order valence-electron chi connectivity index (χ2n) is 6.41. The van der Waals surface area contributed by atoms with Crippen molar-refractivity contribution in [3.63, 3.8) is 0 Å². The minimum absolute atomic E-state index is 0.00920. The number of primary amides is 1. The smallest absolute Gasteiger partial charge is 0.219 e. The van der Waals surface area contributed by atoms with Crippen molar-refractivity contribution in [3.8, 4) is 0 Å². The van der Waals surface area contributed by atoms with Crippen LogP contribution in [0.1, 0.15) is 58.3 Å². The zero-order chi connectivity index (χ0) is 17.4. The first-order chi connectivity index (χ1) is 10.9. The average molecular weight is 442 g/mol. The summed E-state index contributed by atoms with van der Waals surface area (Å²) in [7, 11) is 0. The van der Waals surface area contributed by atoms with Crippen LogP contribution in [-0.2, 0) is 4.79 Å². The number of unbranched alkanes of at least 4 members (excludes halogenated alkanes) is 5. The van der Waals surface area contributed by atoms with Gasteiger partial charge in [-0.05, 0) is 6.42 Å². The van der Waals surface area contributed by atoms with Gasteiger partial charge in [-0.3, -0.25) is 9.69 Å². The molecule has 1 rings (SSSR count). The van der Waals surface area contributed by atoms with Crippen LogP contribution in [0.4, 0.5) is 0 Å². The van der Waals surface area contributed by atoms with Crippen LogP contribution in [0.15, 0.2) is 0 Å². The highest BCUT2D eigenvalue weighted by atomic mass is 127. The summed E-state index contributed by atoms with van der Waals surface area (Å²) in [6, 6.07) is -1.07. The molecular formula is C16H31IN2O4. The number of halogens is 1. The highest BCUT2D eigenvalue weighted by molar-refractivity contribution is 14.1. The summed E-state index contributed by atoms with van der Waals surface area (Å²) in [5.41, 5.74) is 5.27. The van der Waals surface area contributed by atoms with Crippen molar-refractivity contribution in [2.75, 3.05) is 6.61 Å². The highest BCUT2D eigenvalue weighted by Gasteiger charge is 2.49. The summed E-state index contributed by atoms with van der Waals surface area (Å²) in [5, 5.41) is 29.9. The summed E-state index contributed by atoms with van der Waals surface area (Å²) in [5.74, 6) is -0.506. The molecule has 1 unspecified atom stereocenters. The number of aliphatic hydroxyl groups is 3. The Labute approximate surface area is 152 Å². The van der Waals surface area contributed by atoms with Crippen LogP contribution >= 0.6 is 22.6 Å². The zero-order valence-electron chi connectivity index (χ0n) is 13.9. The molecule has 1 heterocycles. The lowest BCUT2D eigenvalue weighted by molar-refractivity contribution is -0.120. The summed E-state index contributed by atoms with van der Waals surface area (Å²) in [4.78, 5) is 13.2. The molecule has 5 N–H and O–H groups in total. The fraction of sp³-hybridized carbons (Fsp3) is 0.938. The third-order valence-corrected chi connectivity index (χ3v) is 5.89. The number of hydrogen-bond acceptors (Lipinski definition) is 5. The molecule has 136 valence electrons. The van der Waals surface area contributed by atoms with E-state index in [1.807, 2.05) is 4.90 Å². The largest absolute Gasteiger partial charge is 0.395 e. The van der Waals surface area contributed by atoms with Gasteiger partial charge in [0.15, 0.2) is 0 Å². The minimum Gasteiger partial charge on any atom is -0.395 e. The van der Waals surface area contributed by atoms with Crippen molar-refractivity contribution in [1.29, 1.82) is 0 Å². The zero-order valence-corrected chi connectivity index (χ0v) is 16.1. The molecule has 0 aliphatic carbocycles. The number of likely N-dealkylation sites (tertiary alicyclic amines) is 1. The quantitative estimate of drug-likeness (QED) is 0.166. The predicted octanol–water partition coefficient (Wildman–Crippen LogP) is 1.14. The van der Waals surface area contributed by atoms with Gasteiger partial charge < -0.3 is 21.1 Å². The second kappa shape index (κ2) is 10.8. The molecule has 23 heavy (non-hydrogen) atoms. The molecule has 0 bridgehead atoms. The average Bonchev–Trinajstić information content (AvgIpc) is 2.74. The van der Waals surface area contributed by atoms with Gasteiger partial charge in [0.25, 0.3) is 0 Å². The van der Waals surface area contributed by atoms with E-state index in [-0.39, 0.29) is 17.1 Å². The van der Waals surface area contributed by atoms with Crippen molar-refractivity contribution >= 4 is 28.5 Å². The highest BCUT2D eigenvalue weighted by Crippen LogP contribution is 2.33. The summed E-state index contributed by atoms with van der Waals surface area (Å²) in [6.07, 6.45) is 5.97. The Morgan fingerprint density at radius 3 is 2.26 bits per heavy atom. The van der Waals surface area contributed by atoms with Crippen molar-refractivity contribution in [2.24, 2.45) is 5.73 Å². The van der Waals surface area contributed by atoms with Crippen molar-refractivity contribution in [1.82, 2.24) is 4.90 Å². The molecule has 0 saturated carbocycles. The molecule has 1 fully saturated rings. The molecule has 0 spiro atoms. The van der Waals surface area contributed by atoms with E-state index in [1.54, 1.807) is 0 Å². The lowest BCUT2D eigenvalue weighted by Gasteiger charge is -2.33. The number of nitrogens with zero attached hydrogens (tertiary/aromatic N) is 1. The van der Waals surface area contributed by atoms with Gasteiger partial charge in [-0.1, -0.05) is 68.0 Å². The molecule has 1 saturated heterocycles. The van der Waals surface area contributed by atoms with Crippen LogP contribution in [0, 0.1) is 0 Å². The van der Waals surface area contributed by atoms with Crippen LogP contribution < -0.4 is 5.73 Å². The molecule has 6 nitrogen and oxygen atoms in total. The Kier molecular flexibility index (Phi) is 9.91. The molecular weight excluding hydrogens is 411 g/mol. The number of nitrogens with two attached hydrogens (primary N) is 1. The van der Waals surface area contributed by atoms with Crippen LogP contribution in [-0.4, -0.2) is 61.1 Å². The number of alkyl halides is 1. The van der Waals surface area contributed by atoms with E-state index in [0.717, 1.165) is 19.3 Å². The van der Waals surface area contributed by atoms with E-state index < -0.39 is 30.2 Å². The molecule has 1 aliphatic heterocycles. The van der Waals surface area contributed by atoms with Gasteiger partial charge in [-0.25, -0.2) is 0 Å². The lowest BCUT2D eigenvalue weighted by Crippen LogP contribution is -2.46. The van der Waals surface area contributed by atoms with Gasteiger partial charge in [0.05, 0.1) is 28.9 Å². The maximum Gasteiger partial charge on any atom is 0.219 e. The monoisotopic (exact) mass is 442 g/mol. The molecule has 0 aromatic heterocycles. The fourth-order valence-electron chi connectivity index (χ4n) is 3.35. The maximum absolute atomic E-state index is 11.3. The van der Waals surface area contributed by atoms with Crippen LogP contribution in [0.2, 0.25) is 0 Å². The SMILES string of the molecule is CCCCCCCCC(I)N1[C@H](CC(N)=O)[C@H](O)[C@H](O)[C@H]1CO. The fourth-order valence-corrected chi connectivity index (χ4v) is 4.61. The van der Waals surface area contributed by atoms with E-state index in [0.29, 0.717) is 0 Å². The van der Waals surface area contributed by atoms with Gasteiger partial charge in [0.1, 0.15) is 0 Å². The molecule has 5 atom stereocenters. The Morgan fingerprint density at radius 2 is 1.70 bits per heavy atom. The van der Waals surface area contributed by atoms with Gasteiger partial charge in [0, 0.05) is 12.5 Å². The van der Waals surface area contributed by atoms with Crippen LogP contribution in [0.25, 0.3) is 0 Å². The lowest BCUT2D eigenvalue weighted by atomic mass is 10.1. The summed E-state index contributed by atoms with van der Waals surface area (Å²) in [6.45, 7) is 1.95. The number of amides is 1. The van der Waals surface area contributed by atoms with E-state index >= 15 is 0 Å².